The van der Waals surface area contributed by atoms with Crippen LogP contribution in [0, 0.1) is 12.7 Å². The molecule has 0 aliphatic carbocycles. The highest BCUT2D eigenvalue weighted by atomic mass is 32.1. The average Bonchev–Trinajstić information content (AvgIpc) is 3.15. The Balaban J connectivity index is 1.74. The molecule has 1 aliphatic rings. The van der Waals surface area contributed by atoms with E-state index in [-0.39, 0.29) is 17.4 Å². The quantitative estimate of drug-likeness (QED) is 0.934. The molecule has 0 radical (unpaired) electrons. The number of aryl methyl sites for hydroxylation is 1. The largest absolute Gasteiger partial charge is 0.327 e. The van der Waals surface area contributed by atoms with Crippen molar-refractivity contribution in [3.8, 4) is 0 Å². The summed E-state index contributed by atoms with van der Waals surface area (Å²) >= 11 is 1.28. The first kappa shape index (κ1) is 15.5. The van der Waals surface area contributed by atoms with E-state index in [1.807, 2.05) is 0 Å². The van der Waals surface area contributed by atoms with Gasteiger partial charge in [0, 0.05) is 12.1 Å². The van der Waals surface area contributed by atoms with Crippen LogP contribution in [0.1, 0.15) is 28.2 Å². The van der Waals surface area contributed by atoms with E-state index < -0.39 is 11.9 Å². The standard InChI is InChI=1S/C15H15FN4O2S/c1-9-18-19-15(23-9)17-13(21)12-6-3-7-20(12)14(22)10-4-2-5-11(16)8-10/h2,4-5,8,12H,3,6-7H2,1H3,(H,17,19,21)/t12-/m1/s1. The summed E-state index contributed by atoms with van der Waals surface area (Å²) in [7, 11) is 0. The van der Waals surface area contributed by atoms with Crippen molar-refractivity contribution in [1.29, 1.82) is 0 Å². The molecule has 23 heavy (non-hydrogen) atoms. The lowest BCUT2D eigenvalue weighted by Gasteiger charge is -2.23. The Kier molecular flexibility index (Phi) is 4.33. The van der Waals surface area contributed by atoms with Gasteiger partial charge in [0.1, 0.15) is 16.9 Å². The van der Waals surface area contributed by atoms with Crippen molar-refractivity contribution in [3.05, 3.63) is 40.7 Å². The number of rotatable bonds is 3. The van der Waals surface area contributed by atoms with Gasteiger partial charge in [0.05, 0.1) is 0 Å². The molecule has 2 amide bonds. The lowest BCUT2D eigenvalue weighted by molar-refractivity contribution is -0.119. The lowest BCUT2D eigenvalue weighted by atomic mass is 10.1. The second kappa shape index (κ2) is 6.41. The summed E-state index contributed by atoms with van der Waals surface area (Å²) in [5.41, 5.74) is 0.247. The van der Waals surface area contributed by atoms with E-state index in [0.717, 1.165) is 11.4 Å². The molecule has 0 saturated carbocycles. The Bertz CT molecular complexity index is 749. The van der Waals surface area contributed by atoms with Crippen molar-refractivity contribution in [2.24, 2.45) is 0 Å². The molecule has 120 valence electrons. The number of nitrogens with one attached hydrogen (secondary N) is 1. The lowest BCUT2D eigenvalue weighted by Crippen LogP contribution is -2.43. The molecule has 2 aromatic rings. The van der Waals surface area contributed by atoms with Gasteiger partial charge < -0.3 is 4.90 Å². The zero-order chi connectivity index (χ0) is 16.4. The van der Waals surface area contributed by atoms with Gasteiger partial charge in [-0.15, -0.1) is 10.2 Å². The van der Waals surface area contributed by atoms with E-state index in [9.17, 15) is 14.0 Å². The molecule has 8 heteroatoms. The summed E-state index contributed by atoms with van der Waals surface area (Å²) in [5.74, 6) is -1.10. The predicted molar refractivity (Wildman–Crippen MR) is 83.7 cm³/mol. The summed E-state index contributed by atoms with van der Waals surface area (Å²) < 4.78 is 13.3. The first-order valence-electron chi connectivity index (χ1n) is 7.22. The third-order valence-corrected chi connectivity index (χ3v) is 4.40. The van der Waals surface area contributed by atoms with Crippen molar-refractivity contribution in [2.45, 2.75) is 25.8 Å². The normalized spacial score (nSPS) is 17.3. The van der Waals surface area contributed by atoms with Crippen LogP contribution in [0.25, 0.3) is 0 Å². The van der Waals surface area contributed by atoms with Crippen molar-refractivity contribution >= 4 is 28.3 Å². The van der Waals surface area contributed by atoms with E-state index in [4.69, 9.17) is 0 Å². The van der Waals surface area contributed by atoms with Crippen LogP contribution >= 0.6 is 11.3 Å². The summed E-state index contributed by atoms with van der Waals surface area (Å²) in [5, 5.41) is 11.5. The van der Waals surface area contributed by atoms with E-state index in [1.165, 1.54) is 34.4 Å². The number of hydrogen-bond donors (Lipinski definition) is 1. The van der Waals surface area contributed by atoms with Crippen LogP contribution in [0.3, 0.4) is 0 Å². The van der Waals surface area contributed by atoms with E-state index in [2.05, 4.69) is 15.5 Å². The van der Waals surface area contributed by atoms with E-state index >= 15 is 0 Å². The highest BCUT2D eigenvalue weighted by Crippen LogP contribution is 2.23. The van der Waals surface area contributed by atoms with Crippen LogP contribution in [0.5, 0.6) is 0 Å². The minimum absolute atomic E-state index is 0.247. The third kappa shape index (κ3) is 3.37. The maximum atomic E-state index is 13.3. The number of likely N-dealkylation sites (tertiary alicyclic amines) is 1. The summed E-state index contributed by atoms with van der Waals surface area (Å²) in [6.07, 6.45) is 1.30. The van der Waals surface area contributed by atoms with Gasteiger partial charge in [-0.2, -0.15) is 0 Å². The molecule has 1 aromatic carbocycles. The van der Waals surface area contributed by atoms with Gasteiger partial charge in [-0.1, -0.05) is 17.4 Å². The number of amides is 2. The smallest absolute Gasteiger partial charge is 0.254 e. The predicted octanol–water partition coefficient (Wildman–Crippen LogP) is 2.23. The number of halogens is 1. The Morgan fingerprint density at radius 1 is 1.39 bits per heavy atom. The summed E-state index contributed by atoms with van der Waals surface area (Å²) in [6, 6.07) is 4.92. The number of carbonyl (C=O) groups is 2. The highest BCUT2D eigenvalue weighted by Gasteiger charge is 2.35. The molecular weight excluding hydrogens is 319 g/mol. The molecule has 3 rings (SSSR count). The Hall–Kier alpha value is -2.35. The van der Waals surface area contributed by atoms with Gasteiger partial charge >= 0.3 is 0 Å². The van der Waals surface area contributed by atoms with Crippen molar-refractivity contribution in [3.63, 3.8) is 0 Å². The molecule has 0 unspecified atom stereocenters. The van der Waals surface area contributed by atoms with Gasteiger partial charge in [0.25, 0.3) is 5.91 Å². The molecule has 2 heterocycles. The van der Waals surface area contributed by atoms with Crippen molar-refractivity contribution in [1.82, 2.24) is 15.1 Å². The van der Waals surface area contributed by atoms with Crippen LogP contribution in [0.15, 0.2) is 24.3 Å². The number of anilines is 1. The van der Waals surface area contributed by atoms with Crippen LogP contribution in [-0.2, 0) is 4.79 Å². The number of hydrogen-bond acceptors (Lipinski definition) is 5. The number of aromatic nitrogens is 2. The second-order valence-corrected chi connectivity index (χ2v) is 6.46. The first-order chi connectivity index (χ1) is 11.0. The number of nitrogens with zero attached hydrogens (tertiary/aromatic N) is 3. The van der Waals surface area contributed by atoms with Crippen LogP contribution in [0.4, 0.5) is 9.52 Å². The maximum Gasteiger partial charge on any atom is 0.254 e. The molecule has 1 fully saturated rings. The molecular formula is C15H15FN4O2S. The monoisotopic (exact) mass is 334 g/mol. The Labute approximate surface area is 136 Å². The van der Waals surface area contributed by atoms with Crippen LogP contribution < -0.4 is 5.32 Å². The van der Waals surface area contributed by atoms with Gasteiger partial charge in [-0.25, -0.2) is 4.39 Å². The Morgan fingerprint density at radius 3 is 2.91 bits per heavy atom. The molecule has 1 atom stereocenters. The maximum absolute atomic E-state index is 13.3. The molecule has 1 saturated heterocycles. The minimum atomic E-state index is -0.574. The van der Waals surface area contributed by atoms with Gasteiger partial charge in [0.15, 0.2) is 0 Å². The van der Waals surface area contributed by atoms with Crippen molar-refractivity contribution < 1.29 is 14.0 Å². The first-order valence-corrected chi connectivity index (χ1v) is 8.04. The van der Waals surface area contributed by atoms with Crippen LogP contribution in [0.2, 0.25) is 0 Å². The van der Waals surface area contributed by atoms with E-state index in [1.54, 1.807) is 13.0 Å². The fourth-order valence-electron chi connectivity index (χ4n) is 2.61. The topological polar surface area (TPSA) is 75.2 Å². The fraction of sp³-hybridized carbons (Fsp3) is 0.333. The summed E-state index contributed by atoms with van der Waals surface area (Å²) in [6.45, 7) is 2.27. The summed E-state index contributed by atoms with van der Waals surface area (Å²) in [4.78, 5) is 26.4. The molecule has 1 N–H and O–H groups in total. The fourth-order valence-corrected chi connectivity index (χ4v) is 3.20. The zero-order valence-electron chi connectivity index (χ0n) is 12.5. The molecule has 1 aliphatic heterocycles. The second-order valence-electron chi connectivity index (χ2n) is 5.28. The van der Waals surface area contributed by atoms with Crippen molar-refractivity contribution in [2.75, 3.05) is 11.9 Å². The van der Waals surface area contributed by atoms with Gasteiger partial charge in [-0.05, 0) is 38.0 Å². The zero-order valence-corrected chi connectivity index (χ0v) is 13.3. The number of carbonyl (C=O) groups excluding carboxylic acids is 2. The minimum Gasteiger partial charge on any atom is -0.327 e. The molecule has 0 spiro atoms. The SMILES string of the molecule is Cc1nnc(NC(=O)[C@H]2CCCN2C(=O)c2cccc(F)c2)s1. The molecule has 6 nitrogen and oxygen atoms in total. The van der Waals surface area contributed by atoms with E-state index in [0.29, 0.717) is 18.1 Å². The average molecular weight is 334 g/mol. The van der Waals surface area contributed by atoms with Gasteiger partial charge in [-0.3, -0.25) is 14.9 Å². The third-order valence-electron chi connectivity index (χ3n) is 3.64. The van der Waals surface area contributed by atoms with Crippen LogP contribution in [-0.4, -0.2) is 39.5 Å². The molecule has 0 bridgehead atoms. The molecule has 1 aromatic heterocycles. The number of benzene rings is 1. The Morgan fingerprint density at radius 2 is 2.22 bits per heavy atom. The van der Waals surface area contributed by atoms with Gasteiger partial charge in [0.2, 0.25) is 11.0 Å². The highest BCUT2D eigenvalue weighted by molar-refractivity contribution is 7.15.